The minimum atomic E-state index is -2.55. The Kier molecular flexibility index (Phi) is 1.86. The molecule has 4 nitrogen and oxygen atoms in total. The van der Waals surface area contributed by atoms with E-state index in [2.05, 4.69) is 4.98 Å². The van der Waals surface area contributed by atoms with Crippen molar-refractivity contribution in [2.24, 2.45) is 0 Å². The summed E-state index contributed by atoms with van der Waals surface area (Å²) in [7, 11) is -2.55. The lowest BCUT2D eigenvalue weighted by molar-refractivity contribution is 0.614. The first-order chi connectivity index (χ1) is 4.70. The van der Waals surface area contributed by atoms with Crippen LogP contribution in [0.2, 0.25) is 0 Å². The fourth-order valence-corrected chi connectivity index (χ4v) is 0.960. The van der Waals surface area contributed by atoms with Gasteiger partial charge < -0.3 is 5.73 Å². The van der Waals surface area contributed by atoms with Crippen LogP contribution < -0.4 is 5.73 Å². The number of nitrogen functional groups attached to an aromatic ring is 1. The zero-order chi connectivity index (χ0) is 7.56. The second kappa shape index (κ2) is 2.66. The number of rotatable bonds is 1. The summed E-state index contributed by atoms with van der Waals surface area (Å²) < 4.78 is 20.6. The van der Waals surface area contributed by atoms with Gasteiger partial charge in [0.05, 0.1) is 10.6 Å². The highest BCUT2D eigenvalue weighted by molar-refractivity contribution is 7.72. The molecule has 0 radical (unpaired) electrons. The van der Waals surface area contributed by atoms with E-state index in [0.29, 0.717) is 5.69 Å². The monoisotopic (exact) mass is 158 g/mol. The maximum absolute atomic E-state index is 10.3. The van der Waals surface area contributed by atoms with Crippen LogP contribution in [0.4, 0.5) is 5.69 Å². The zero-order valence-electron chi connectivity index (χ0n) is 5.02. The van der Waals surface area contributed by atoms with Gasteiger partial charge in [-0.2, -0.15) is 0 Å². The molecule has 0 atom stereocenters. The summed E-state index contributed by atoms with van der Waals surface area (Å²) in [5, 5.41) is 0. The van der Waals surface area contributed by atoms with E-state index >= 15 is 0 Å². The molecule has 1 rings (SSSR count). The Morgan fingerprint density at radius 3 is 2.50 bits per heavy atom. The normalized spacial score (nSPS) is 10.1. The van der Waals surface area contributed by atoms with E-state index < -0.39 is 10.7 Å². The van der Waals surface area contributed by atoms with E-state index in [1.807, 2.05) is 0 Å². The number of anilines is 1. The van der Waals surface area contributed by atoms with Crippen molar-refractivity contribution in [1.82, 2.24) is 4.98 Å². The summed E-state index contributed by atoms with van der Waals surface area (Å²) in [5.74, 6) is 0. The van der Waals surface area contributed by atoms with Crippen LogP contribution in [0.25, 0.3) is 0 Å². The minimum Gasteiger partial charge on any atom is -0.397 e. The highest BCUT2D eigenvalue weighted by Gasteiger charge is 1.93. The number of pyridine rings is 1. The van der Waals surface area contributed by atoms with Gasteiger partial charge in [-0.15, -0.1) is 0 Å². The predicted molar refractivity (Wildman–Crippen MR) is 37.2 cm³/mol. The minimum absolute atomic E-state index is 0.148. The third kappa shape index (κ3) is 1.44. The molecule has 0 saturated carbocycles. The molecule has 1 heterocycles. The van der Waals surface area contributed by atoms with Crippen LogP contribution in [0.5, 0.6) is 0 Å². The molecule has 0 unspecified atom stereocenters. The fraction of sp³-hybridized carbons (Fsp3) is 0. The van der Waals surface area contributed by atoms with Crippen LogP contribution in [0.15, 0.2) is 23.4 Å². The van der Waals surface area contributed by atoms with E-state index in [4.69, 9.17) is 5.73 Å². The van der Waals surface area contributed by atoms with Gasteiger partial charge in [-0.05, 0) is 6.07 Å². The number of nitrogens with two attached hydrogens (primary N) is 1. The van der Waals surface area contributed by atoms with Gasteiger partial charge in [0.25, 0.3) is 0 Å². The van der Waals surface area contributed by atoms with Crippen molar-refractivity contribution in [3.8, 4) is 0 Å². The summed E-state index contributed by atoms with van der Waals surface area (Å²) in [6.45, 7) is 0. The molecule has 1 aromatic rings. The number of thiol groups is 1. The molecule has 0 aliphatic heterocycles. The molecule has 1 aromatic heterocycles. The average Bonchev–Trinajstić information content (AvgIpc) is 1.88. The molecular weight excluding hydrogens is 152 g/mol. The van der Waals surface area contributed by atoms with Gasteiger partial charge in [-0.25, -0.2) is 8.42 Å². The van der Waals surface area contributed by atoms with E-state index in [9.17, 15) is 8.42 Å². The zero-order valence-corrected chi connectivity index (χ0v) is 5.91. The quantitative estimate of drug-likeness (QED) is 0.547. The van der Waals surface area contributed by atoms with Gasteiger partial charge in [-0.1, -0.05) is 0 Å². The van der Waals surface area contributed by atoms with Crippen LogP contribution in [0.1, 0.15) is 0 Å². The number of hydrogen-bond donors (Lipinski definition) is 2. The van der Waals surface area contributed by atoms with Crippen LogP contribution in [-0.2, 0) is 10.7 Å². The van der Waals surface area contributed by atoms with E-state index in [-0.39, 0.29) is 4.90 Å². The molecular formula is C5H6N2O2S. The lowest BCUT2D eigenvalue weighted by atomic mass is 10.4. The molecule has 5 heteroatoms. The van der Waals surface area contributed by atoms with Crippen LogP contribution >= 0.6 is 0 Å². The highest BCUT2D eigenvalue weighted by Crippen LogP contribution is 2.03. The van der Waals surface area contributed by atoms with Crippen molar-refractivity contribution in [3.05, 3.63) is 18.5 Å². The molecule has 0 amide bonds. The molecule has 2 N–H and O–H groups in total. The standard InChI is InChI=1S/C5H6N2O2S/c6-4-1-5(10(8)9)3-7-2-4/h1-3,10H,6H2. The maximum atomic E-state index is 10.3. The Hall–Kier alpha value is -1.10. The van der Waals surface area contributed by atoms with Crippen LogP contribution in [-0.4, -0.2) is 13.4 Å². The lowest BCUT2D eigenvalue weighted by Crippen LogP contribution is -1.88. The Balaban J connectivity index is 3.19. The Labute approximate surface area is 59.6 Å². The number of nitrogens with zero attached hydrogens (tertiary/aromatic N) is 1. The first-order valence-corrected chi connectivity index (χ1v) is 3.73. The van der Waals surface area contributed by atoms with Crippen molar-refractivity contribution in [2.75, 3.05) is 5.73 Å². The van der Waals surface area contributed by atoms with Crippen LogP contribution in [0.3, 0.4) is 0 Å². The summed E-state index contributed by atoms with van der Waals surface area (Å²) in [4.78, 5) is 3.74. The smallest absolute Gasteiger partial charge is 0.169 e. The Bertz CT molecular complexity index is 300. The summed E-state index contributed by atoms with van der Waals surface area (Å²) in [5.41, 5.74) is 5.62. The van der Waals surface area contributed by atoms with Gasteiger partial charge in [0.15, 0.2) is 10.7 Å². The summed E-state index contributed by atoms with van der Waals surface area (Å²) in [6, 6.07) is 1.36. The van der Waals surface area contributed by atoms with Gasteiger partial charge in [0.2, 0.25) is 0 Å². The fourth-order valence-electron chi connectivity index (χ4n) is 0.545. The van der Waals surface area contributed by atoms with E-state index in [1.165, 1.54) is 18.5 Å². The van der Waals surface area contributed by atoms with Gasteiger partial charge in [0, 0.05) is 12.4 Å². The van der Waals surface area contributed by atoms with E-state index in [0.717, 1.165) is 0 Å². The van der Waals surface area contributed by atoms with Crippen molar-refractivity contribution >= 4 is 16.4 Å². The lowest BCUT2D eigenvalue weighted by Gasteiger charge is -1.90. The van der Waals surface area contributed by atoms with Crippen molar-refractivity contribution in [1.29, 1.82) is 0 Å². The van der Waals surface area contributed by atoms with Gasteiger partial charge in [-0.3, -0.25) is 4.98 Å². The molecule has 0 saturated heterocycles. The first kappa shape index (κ1) is 7.01. The van der Waals surface area contributed by atoms with Gasteiger partial charge >= 0.3 is 0 Å². The number of hydrogen-bond acceptors (Lipinski definition) is 4. The van der Waals surface area contributed by atoms with Crippen molar-refractivity contribution < 1.29 is 8.42 Å². The maximum Gasteiger partial charge on any atom is 0.169 e. The summed E-state index contributed by atoms with van der Waals surface area (Å²) in [6.07, 6.45) is 2.64. The first-order valence-electron chi connectivity index (χ1n) is 2.55. The molecule has 0 spiro atoms. The highest BCUT2D eigenvalue weighted by atomic mass is 32.2. The second-order valence-corrected chi connectivity index (χ2v) is 2.76. The molecule has 10 heavy (non-hydrogen) atoms. The molecule has 0 aromatic carbocycles. The largest absolute Gasteiger partial charge is 0.397 e. The third-order valence-electron chi connectivity index (χ3n) is 0.956. The van der Waals surface area contributed by atoms with Crippen molar-refractivity contribution in [3.63, 3.8) is 0 Å². The number of aromatic nitrogens is 1. The topological polar surface area (TPSA) is 73.0 Å². The molecule has 0 aliphatic rings. The van der Waals surface area contributed by atoms with Crippen LogP contribution in [0, 0.1) is 0 Å². The second-order valence-electron chi connectivity index (χ2n) is 1.73. The summed E-state index contributed by atoms with van der Waals surface area (Å²) >= 11 is 0. The Morgan fingerprint density at radius 1 is 1.40 bits per heavy atom. The molecule has 54 valence electrons. The van der Waals surface area contributed by atoms with E-state index in [1.54, 1.807) is 0 Å². The SMILES string of the molecule is Nc1cncc([SH](=O)=O)c1. The molecule has 0 bridgehead atoms. The average molecular weight is 158 g/mol. The third-order valence-corrected chi connectivity index (χ3v) is 1.62. The molecule has 0 aliphatic carbocycles. The van der Waals surface area contributed by atoms with Gasteiger partial charge in [0.1, 0.15) is 0 Å². The predicted octanol–water partition coefficient (Wildman–Crippen LogP) is -0.366. The molecule has 0 fully saturated rings. The Morgan fingerprint density at radius 2 is 2.10 bits per heavy atom. The van der Waals surface area contributed by atoms with Crippen molar-refractivity contribution in [2.45, 2.75) is 4.90 Å².